The van der Waals surface area contributed by atoms with E-state index in [9.17, 15) is 10.0 Å². The Kier molecular flexibility index (Phi) is 5.32. The van der Waals surface area contributed by atoms with Gasteiger partial charge in [-0.25, -0.2) is 9.86 Å². The number of hydrogen-bond acceptors (Lipinski definition) is 4. The van der Waals surface area contributed by atoms with Gasteiger partial charge in [0, 0.05) is 18.7 Å². The summed E-state index contributed by atoms with van der Waals surface area (Å²) in [6, 6.07) is 11.3. The molecule has 0 aliphatic carbocycles. The Labute approximate surface area is 153 Å². The standard InChI is InChI=1S/C20H25N3O3/c1-14-13-15(2)19(26-12-11-22-10-9-21-20(22)24)16(3)18(14)23(25)17-7-5-4-6-8-17/h4-8,13,25H,9-12H2,1-3H3,(H,21,24). The van der Waals surface area contributed by atoms with Crippen molar-refractivity contribution >= 4 is 17.4 Å². The van der Waals surface area contributed by atoms with E-state index in [1.54, 1.807) is 4.90 Å². The highest BCUT2D eigenvalue weighted by Crippen LogP contribution is 2.37. The Morgan fingerprint density at radius 1 is 1.19 bits per heavy atom. The van der Waals surface area contributed by atoms with Gasteiger partial charge < -0.3 is 15.0 Å². The second-order valence-corrected chi connectivity index (χ2v) is 6.53. The molecule has 2 aromatic rings. The summed E-state index contributed by atoms with van der Waals surface area (Å²) in [5.41, 5.74) is 4.27. The van der Waals surface area contributed by atoms with Crippen LogP contribution in [0.1, 0.15) is 16.7 Å². The molecule has 0 atom stereocenters. The smallest absolute Gasteiger partial charge is 0.317 e. The lowest BCUT2D eigenvalue weighted by Gasteiger charge is -2.25. The quantitative estimate of drug-likeness (QED) is 0.778. The molecule has 1 aliphatic rings. The van der Waals surface area contributed by atoms with Crippen molar-refractivity contribution in [1.29, 1.82) is 0 Å². The first-order valence-electron chi connectivity index (χ1n) is 8.79. The summed E-state index contributed by atoms with van der Waals surface area (Å²) in [7, 11) is 0. The van der Waals surface area contributed by atoms with Crippen LogP contribution in [0.2, 0.25) is 0 Å². The lowest BCUT2D eigenvalue weighted by Crippen LogP contribution is -2.32. The van der Waals surface area contributed by atoms with Gasteiger partial charge in [-0.05, 0) is 44.0 Å². The van der Waals surface area contributed by atoms with Crippen LogP contribution in [0.3, 0.4) is 0 Å². The van der Waals surface area contributed by atoms with Gasteiger partial charge in [-0.3, -0.25) is 5.21 Å². The van der Waals surface area contributed by atoms with Crippen molar-refractivity contribution in [1.82, 2.24) is 10.2 Å². The Morgan fingerprint density at radius 2 is 1.92 bits per heavy atom. The van der Waals surface area contributed by atoms with E-state index in [1.165, 1.54) is 5.06 Å². The Morgan fingerprint density at radius 3 is 2.58 bits per heavy atom. The molecule has 2 amide bonds. The summed E-state index contributed by atoms with van der Waals surface area (Å²) in [5, 5.41) is 14.7. The van der Waals surface area contributed by atoms with E-state index < -0.39 is 0 Å². The Bertz CT molecular complexity index is 793. The summed E-state index contributed by atoms with van der Waals surface area (Å²) in [6.07, 6.45) is 0. The highest BCUT2D eigenvalue weighted by atomic mass is 16.5. The minimum atomic E-state index is -0.0442. The fraction of sp³-hybridized carbons (Fsp3) is 0.350. The number of rotatable bonds is 6. The van der Waals surface area contributed by atoms with E-state index in [-0.39, 0.29) is 6.03 Å². The van der Waals surface area contributed by atoms with Crippen molar-refractivity contribution < 1.29 is 14.7 Å². The Balaban J connectivity index is 1.81. The van der Waals surface area contributed by atoms with Gasteiger partial charge in [0.2, 0.25) is 0 Å². The number of hydrogen-bond donors (Lipinski definition) is 2. The average molecular weight is 355 g/mol. The number of aryl methyl sites for hydroxylation is 2. The van der Waals surface area contributed by atoms with Crippen LogP contribution in [-0.4, -0.2) is 42.4 Å². The molecule has 1 aliphatic heterocycles. The number of amides is 2. The van der Waals surface area contributed by atoms with E-state index >= 15 is 0 Å². The molecular weight excluding hydrogens is 330 g/mol. The fourth-order valence-corrected chi connectivity index (χ4v) is 3.39. The van der Waals surface area contributed by atoms with Gasteiger partial charge in [-0.2, -0.15) is 0 Å². The van der Waals surface area contributed by atoms with Crippen LogP contribution in [0.15, 0.2) is 36.4 Å². The number of carbonyl (C=O) groups is 1. The summed E-state index contributed by atoms with van der Waals surface area (Å²) >= 11 is 0. The van der Waals surface area contributed by atoms with Crippen LogP contribution in [-0.2, 0) is 0 Å². The number of nitrogens with zero attached hydrogens (tertiary/aromatic N) is 2. The second-order valence-electron chi connectivity index (χ2n) is 6.53. The third-order valence-electron chi connectivity index (χ3n) is 4.63. The average Bonchev–Trinajstić information content (AvgIpc) is 3.03. The molecule has 138 valence electrons. The third-order valence-corrected chi connectivity index (χ3v) is 4.63. The molecule has 1 saturated heterocycles. The number of nitrogens with one attached hydrogen (secondary N) is 1. The minimum Gasteiger partial charge on any atom is -0.491 e. The van der Waals surface area contributed by atoms with Gasteiger partial charge >= 0.3 is 6.03 Å². The first-order valence-corrected chi connectivity index (χ1v) is 8.79. The van der Waals surface area contributed by atoms with E-state index in [0.717, 1.165) is 28.1 Å². The second kappa shape index (κ2) is 7.66. The molecule has 6 nitrogen and oxygen atoms in total. The number of para-hydroxylation sites is 1. The molecule has 0 unspecified atom stereocenters. The largest absolute Gasteiger partial charge is 0.491 e. The van der Waals surface area contributed by atoms with Crippen molar-refractivity contribution in [3.8, 4) is 5.75 Å². The molecule has 0 aromatic heterocycles. The van der Waals surface area contributed by atoms with Crippen LogP contribution in [0, 0.1) is 20.8 Å². The van der Waals surface area contributed by atoms with E-state index in [0.29, 0.717) is 31.9 Å². The molecule has 2 N–H and O–H groups in total. The number of ether oxygens (including phenoxy) is 1. The van der Waals surface area contributed by atoms with E-state index in [2.05, 4.69) is 5.32 Å². The third kappa shape index (κ3) is 3.60. The van der Waals surface area contributed by atoms with Crippen LogP contribution in [0.25, 0.3) is 0 Å². The monoisotopic (exact) mass is 355 g/mol. The summed E-state index contributed by atoms with van der Waals surface area (Å²) in [6.45, 7) is 8.24. The molecule has 6 heteroatoms. The normalized spacial score (nSPS) is 13.7. The predicted octanol–water partition coefficient (Wildman–Crippen LogP) is 3.54. The van der Waals surface area contributed by atoms with Gasteiger partial charge in [0.25, 0.3) is 0 Å². The number of benzene rings is 2. The van der Waals surface area contributed by atoms with Gasteiger partial charge in [-0.15, -0.1) is 0 Å². The van der Waals surface area contributed by atoms with Crippen molar-refractivity contribution in [2.75, 3.05) is 31.3 Å². The van der Waals surface area contributed by atoms with Crippen LogP contribution in [0.4, 0.5) is 16.2 Å². The maximum atomic E-state index is 11.6. The predicted molar refractivity (Wildman–Crippen MR) is 101 cm³/mol. The van der Waals surface area contributed by atoms with Crippen LogP contribution in [0.5, 0.6) is 5.75 Å². The highest BCUT2D eigenvalue weighted by Gasteiger charge is 2.21. The summed E-state index contributed by atoms with van der Waals surface area (Å²) < 4.78 is 6.00. The molecule has 3 rings (SSSR count). The minimum absolute atomic E-state index is 0.0442. The maximum Gasteiger partial charge on any atom is 0.317 e. The molecule has 1 heterocycles. The molecule has 2 aromatic carbocycles. The first-order chi connectivity index (χ1) is 12.5. The zero-order valence-electron chi connectivity index (χ0n) is 15.5. The van der Waals surface area contributed by atoms with Crippen molar-refractivity contribution in [3.05, 3.63) is 53.1 Å². The molecule has 1 fully saturated rings. The van der Waals surface area contributed by atoms with Crippen LogP contribution >= 0.6 is 0 Å². The lowest BCUT2D eigenvalue weighted by molar-refractivity contribution is 0.202. The molecule has 0 saturated carbocycles. The molecule has 26 heavy (non-hydrogen) atoms. The Hall–Kier alpha value is -2.73. The van der Waals surface area contributed by atoms with Gasteiger partial charge in [0.1, 0.15) is 12.4 Å². The molecule has 0 bridgehead atoms. The molecule has 0 spiro atoms. The van der Waals surface area contributed by atoms with Gasteiger partial charge in [0.15, 0.2) is 0 Å². The fourth-order valence-electron chi connectivity index (χ4n) is 3.39. The number of carbonyl (C=O) groups excluding carboxylic acids is 1. The van der Waals surface area contributed by atoms with Crippen LogP contribution < -0.4 is 15.1 Å². The maximum absolute atomic E-state index is 11.6. The zero-order valence-corrected chi connectivity index (χ0v) is 15.5. The lowest BCUT2D eigenvalue weighted by atomic mass is 10.0. The zero-order chi connectivity index (χ0) is 18.7. The van der Waals surface area contributed by atoms with Crippen molar-refractivity contribution in [2.45, 2.75) is 20.8 Å². The summed E-state index contributed by atoms with van der Waals surface area (Å²) in [4.78, 5) is 13.4. The summed E-state index contributed by atoms with van der Waals surface area (Å²) in [5.74, 6) is 0.750. The molecular formula is C20H25N3O3. The highest BCUT2D eigenvalue weighted by molar-refractivity contribution is 5.76. The van der Waals surface area contributed by atoms with E-state index in [4.69, 9.17) is 4.74 Å². The SMILES string of the molecule is Cc1cc(C)c(N(O)c2ccccc2)c(C)c1OCCN1CCNC1=O. The number of urea groups is 1. The first kappa shape index (κ1) is 18.1. The van der Waals surface area contributed by atoms with Gasteiger partial charge in [-0.1, -0.05) is 24.3 Å². The van der Waals surface area contributed by atoms with Crippen molar-refractivity contribution in [3.63, 3.8) is 0 Å². The molecule has 0 radical (unpaired) electrons. The number of anilines is 2. The van der Waals surface area contributed by atoms with Crippen molar-refractivity contribution in [2.24, 2.45) is 0 Å². The topological polar surface area (TPSA) is 65.0 Å². The van der Waals surface area contributed by atoms with Gasteiger partial charge in [0.05, 0.1) is 17.9 Å². The van der Waals surface area contributed by atoms with E-state index in [1.807, 2.05) is 57.2 Å².